The monoisotopic (exact) mass is 430 g/mol. The van der Waals surface area contributed by atoms with E-state index in [-0.39, 0.29) is 35.8 Å². The van der Waals surface area contributed by atoms with Crippen LogP contribution in [0.5, 0.6) is 0 Å². The van der Waals surface area contributed by atoms with Gasteiger partial charge < -0.3 is 26.1 Å². The van der Waals surface area contributed by atoms with E-state index in [0.717, 1.165) is 0 Å². The van der Waals surface area contributed by atoms with Crippen LogP contribution >= 0.6 is 0 Å². The summed E-state index contributed by atoms with van der Waals surface area (Å²) < 4.78 is 20.0. The lowest BCUT2D eigenvalue weighted by molar-refractivity contribution is 0.0683. The number of hydrogen-bond acceptors (Lipinski definition) is 6. The lowest BCUT2D eigenvalue weighted by Gasteiger charge is -2.33. The molecule has 3 rings (SSSR count). The van der Waals surface area contributed by atoms with Crippen molar-refractivity contribution in [2.75, 3.05) is 25.0 Å². The molecule has 4 N–H and O–H groups in total. The number of carbonyl (C=O) groups is 2. The fraction of sp³-hybridized carbons (Fsp3) is 0.429. The molecule has 1 aromatic heterocycles. The Bertz CT molecular complexity index is 980. The van der Waals surface area contributed by atoms with Gasteiger partial charge in [0, 0.05) is 30.6 Å². The zero-order chi connectivity index (χ0) is 22.8. The molecule has 0 aliphatic carbocycles. The lowest BCUT2D eigenvalue weighted by atomic mass is 9.99. The van der Waals surface area contributed by atoms with Crippen molar-refractivity contribution in [3.63, 3.8) is 0 Å². The largest absolute Gasteiger partial charge is 0.449 e. The number of halogens is 1. The number of aromatic nitrogens is 2. The second-order valence-electron chi connectivity index (χ2n) is 8.72. The van der Waals surface area contributed by atoms with E-state index in [1.54, 1.807) is 0 Å². The van der Waals surface area contributed by atoms with Gasteiger partial charge in [-0.2, -0.15) is 5.10 Å². The van der Waals surface area contributed by atoms with Crippen molar-refractivity contribution in [1.29, 1.82) is 5.41 Å². The van der Waals surface area contributed by atoms with Gasteiger partial charge in [-0.3, -0.25) is 9.48 Å². The number of amides is 2. The van der Waals surface area contributed by atoms with Gasteiger partial charge in [0.05, 0.1) is 13.2 Å². The molecule has 1 fully saturated rings. The first-order valence-electron chi connectivity index (χ1n) is 9.94. The number of nitrogens with one attached hydrogen (secondary N) is 2. The molecule has 166 valence electrons. The number of hydrogen-bond donors (Lipinski definition) is 3. The van der Waals surface area contributed by atoms with Gasteiger partial charge in [-0.25, -0.2) is 9.18 Å². The Morgan fingerprint density at radius 3 is 2.61 bits per heavy atom. The summed E-state index contributed by atoms with van der Waals surface area (Å²) in [6.45, 7) is 6.77. The van der Waals surface area contributed by atoms with Crippen LogP contribution in [0.25, 0.3) is 0 Å². The number of carbonyl (C=O) groups excluding carboxylic acids is 2. The second kappa shape index (κ2) is 8.75. The van der Waals surface area contributed by atoms with Gasteiger partial charge in [0.1, 0.15) is 17.4 Å². The molecule has 0 spiro atoms. The van der Waals surface area contributed by atoms with Crippen molar-refractivity contribution in [1.82, 2.24) is 14.7 Å². The zero-order valence-electron chi connectivity index (χ0n) is 17.8. The summed E-state index contributed by atoms with van der Waals surface area (Å²) in [6, 6.07) is 5.02. The molecule has 1 atom stereocenters. The molecule has 0 unspecified atom stereocenters. The van der Waals surface area contributed by atoms with Crippen molar-refractivity contribution in [2.45, 2.75) is 33.2 Å². The first-order chi connectivity index (χ1) is 14.5. The number of rotatable bonds is 5. The van der Waals surface area contributed by atoms with Gasteiger partial charge in [-0.1, -0.05) is 20.8 Å². The van der Waals surface area contributed by atoms with Crippen molar-refractivity contribution in [2.24, 2.45) is 11.1 Å². The molecule has 2 heterocycles. The minimum absolute atomic E-state index is 0.129. The standard InChI is InChI=1S/C21H27FN6O3/c1-21(2,3)12-31-20(30)27-9-8-16(23)17(11-27)28-10-15(18(24)29)19(26-28)25-14-6-4-13(22)5-7-14/h4-7,10,17,23H,8-9,11-12H2,1-3H3,(H2,24,29)(H,25,26)/t17-/m1/s1. The first kappa shape index (κ1) is 22.3. The fourth-order valence-electron chi connectivity index (χ4n) is 3.10. The molecule has 2 aromatic rings. The minimum atomic E-state index is -0.695. The summed E-state index contributed by atoms with van der Waals surface area (Å²) in [7, 11) is 0. The van der Waals surface area contributed by atoms with Crippen molar-refractivity contribution >= 4 is 29.2 Å². The highest BCUT2D eigenvalue weighted by molar-refractivity contribution is 5.98. The van der Waals surface area contributed by atoms with Crippen molar-refractivity contribution in [3.8, 4) is 0 Å². The molecule has 10 heteroatoms. The van der Waals surface area contributed by atoms with E-state index in [1.807, 2.05) is 20.8 Å². The van der Waals surface area contributed by atoms with Crippen molar-refractivity contribution < 1.29 is 18.7 Å². The zero-order valence-corrected chi connectivity index (χ0v) is 17.8. The molecule has 0 radical (unpaired) electrons. The second-order valence-corrected chi connectivity index (χ2v) is 8.72. The molecular formula is C21H27FN6O3. The Labute approximate surface area is 179 Å². The summed E-state index contributed by atoms with van der Waals surface area (Å²) in [4.78, 5) is 25.9. The Hall–Kier alpha value is -3.43. The number of piperidine rings is 1. The third-order valence-electron chi connectivity index (χ3n) is 4.76. The number of primary amides is 1. The van der Waals surface area contributed by atoms with E-state index in [2.05, 4.69) is 10.4 Å². The molecule has 1 saturated heterocycles. The van der Waals surface area contributed by atoms with Crippen LogP contribution in [-0.2, 0) is 4.74 Å². The molecule has 1 aliphatic rings. The van der Waals surface area contributed by atoms with Crippen LogP contribution in [0.2, 0.25) is 0 Å². The molecule has 0 saturated carbocycles. The Balaban J connectivity index is 1.79. The summed E-state index contributed by atoms with van der Waals surface area (Å²) in [5.74, 6) is -0.890. The summed E-state index contributed by atoms with van der Waals surface area (Å²) >= 11 is 0. The van der Waals surface area contributed by atoms with E-state index in [0.29, 0.717) is 24.4 Å². The highest BCUT2D eigenvalue weighted by atomic mass is 19.1. The average molecular weight is 430 g/mol. The Kier molecular flexibility index (Phi) is 6.28. The minimum Gasteiger partial charge on any atom is -0.449 e. The number of nitrogens with zero attached hydrogens (tertiary/aromatic N) is 3. The van der Waals surface area contributed by atoms with Crippen LogP contribution in [-0.4, -0.2) is 52.1 Å². The van der Waals surface area contributed by atoms with Gasteiger partial charge in [-0.05, 0) is 29.7 Å². The van der Waals surface area contributed by atoms with Crippen LogP contribution < -0.4 is 11.1 Å². The summed E-state index contributed by atoms with van der Waals surface area (Å²) in [6.07, 6.45) is 1.37. The van der Waals surface area contributed by atoms with Gasteiger partial charge in [0.2, 0.25) is 0 Å². The fourth-order valence-corrected chi connectivity index (χ4v) is 3.10. The van der Waals surface area contributed by atoms with E-state index in [4.69, 9.17) is 15.9 Å². The maximum absolute atomic E-state index is 13.2. The maximum Gasteiger partial charge on any atom is 0.409 e. The normalized spacial score (nSPS) is 16.8. The molecule has 1 aromatic carbocycles. The first-order valence-corrected chi connectivity index (χ1v) is 9.94. The number of likely N-dealkylation sites (tertiary alicyclic amines) is 1. The van der Waals surface area contributed by atoms with E-state index in [1.165, 1.54) is 40.0 Å². The Morgan fingerprint density at radius 1 is 1.32 bits per heavy atom. The van der Waals surface area contributed by atoms with Gasteiger partial charge in [0.25, 0.3) is 5.91 Å². The highest BCUT2D eigenvalue weighted by Crippen LogP contribution is 2.25. The van der Waals surface area contributed by atoms with Gasteiger partial charge in [0.15, 0.2) is 5.82 Å². The van der Waals surface area contributed by atoms with Crippen LogP contribution in [0.3, 0.4) is 0 Å². The maximum atomic E-state index is 13.2. The number of ether oxygens (including phenoxy) is 1. The quantitative estimate of drug-likeness (QED) is 0.671. The van der Waals surface area contributed by atoms with E-state index < -0.39 is 18.0 Å². The lowest BCUT2D eigenvalue weighted by Crippen LogP contribution is -2.45. The molecular weight excluding hydrogens is 403 g/mol. The average Bonchev–Trinajstić information content (AvgIpc) is 3.11. The topological polar surface area (TPSA) is 126 Å². The third kappa shape index (κ3) is 5.59. The van der Waals surface area contributed by atoms with Gasteiger partial charge in [-0.15, -0.1) is 0 Å². The predicted octanol–water partition coefficient (Wildman–Crippen LogP) is 3.31. The third-order valence-corrected chi connectivity index (χ3v) is 4.76. The molecule has 31 heavy (non-hydrogen) atoms. The van der Waals surface area contributed by atoms with Crippen LogP contribution in [0.15, 0.2) is 30.5 Å². The summed E-state index contributed by atoms with van der Waals surface area (Å²) in [5.41, 5.74) is 6.38. The van der Waals surface area contributed by atoms with Crippen molar-refractivity contribution in [3.05, 3.63) is 41.8 Å². The van der Waals surface area contributed by atoms with E-state index in [9.17, 15) is 14.0 Å². The number of nitrogens with two attached hydrogens (primary N) is 1. The van der Waals surface area contributed by atoms with Crippen LogP contribution in [0.4, 0.5) is 20.7 Å². The number of anilines is 2. The SMILES string of the molecule is CC(C)(C)COC(=O)N1CCC(=N)[C@H](n2cc(C(N)=O)c(Nc3ccc(F)cc3)n2)C1. The Morgan fingerprint density at radius 2 is 2.00 bits per heavy atom. The highest BCUT2D eigenvalue weighted by Gasteiger charge is 2.32. The molecule has 1 aliphatic heterocycles. The molecule has 0 bridgehead atoms. The smallest absolute Gasteiger partial charge is 0.409 e. The van der Waals surface area contributed by atoms with Crippen LogP contribution in [0, 0.1) is 16.6 Å². The van der Waals surface area contributed by atoms with Crippen LogP contribution in [0.1, 0.15) is 43.6 Å². The van der Waals surface area contributed by atoms with E-state index >= 15 is 0 Å². The summed E-state index contributed by atoms with van der Waals surface area (Å²) in [5, 5.41) is 15.7. The molecule has 9 nitrogen and oxygen atoms in total. The number of benzene rings is 1. The van der Waals surface area contributed by atoms with Gasteiger partial charge >= 0.3 is 6.09 Å². The molecule has 2 amide bonds. The predicted molar refractivity (Wildman–Crippen MR) is 114 cm³/mol.